The van der Waals surface area contributed by atoms with E-state index in [1.54, 1.807) is 14.0 Å². The van der Waals surface area contributed by atoms with Gasteiger partial charge in [-0.2, -0.15) is 0 Å². The second-order valence-corrected chi connectivity index (χ2v) is 3.64. The van der Waals surface area contributed by atoms with Gasteiger partial charge in [-0.15, -0.1) is 0 Å². The number of carboxylic acid groups (broad SMARTS) is 1. The van der Waals surface area contributed by atoms with Crippen LogP contribution in [0.25, 0.3) is 0 Å². The highest BCUT2D eigenvalue weighted by Gasteiger charge is 2.33. The molecule has 1 atom stereocenters. The van der Waals surface area contributed by atoms with Crippen molar-refractivity contribution in [1.29, 1.82) is 0 Å². The van der Waals surface area contributed by atoms with Gasteiger partial charge in [-0.1, -0.05) is 18.4 Å². The molecular weight excluding hydrogens is 198 g/mol. The predicted octanol–water partition coefficient (Wildman–Crippen LogP) is 0.265. The average molecular weight is 213 g/mol. The second-order valence-electron chi connectivity index (χ2n) is 3.64. The first-order valence-electron chi connectivity index (χ1n) is 4.73. The van der Waals surface area contributed by atoms with Crippen molar-refractivity contribution in [3.63, 3.8) is 0 Å². The number of hydrogen-bond acceptors (Lipinski definition) is 5. The van der Waals surface area contributed by atoms with Gasteiger partial charge in [-0.05, 0) is 23.8 Å². The molecule has 15 heavy (non-hydrogen) atoms. The van der Waals surface area contributed by atoms with Crippen molar-refractivity contribution < 1.29 is 9.90 Å². The van der Waals surface area contributed by atoms with Crippen LogP contribution in [0.2, 0.25) is 0 Å². The maximum absolute atomic E-state index is 11.1. The summed E-state index contributed by atoms with van der Waals surface area (Å²) in [5.74, 6) is -0.555. The maximum atomic E-state index is 11.1. The van der Waals surface area contributed by atoms with Gasteiger partial charge in [0.25, 0.3) is 0 Å². The minimum absolute atomic E-state index is 0.355. The van der Waals surface area contributed by atoms with Gasteiger partial charge < -0.3 is 10.4 Å². The lowest BCUT2D eigenvalue weighted by atomic mass is 9.97. The highest BCUT2D eigenvalue weighted by molar-refractivity contribution is 5.81. The summed E-state index contributed by atoms with van der Waals surface area (Å²) in [6.07, 6.45) is 1.27. The summed E-state index contributed by atoms with van der Waals surface area (Å²) >= 11 is 0. The van der Waals surface area contributed by atoms with Crippen LogP contribution < -0.4 is 5.32 Å². The zero-order chi connectivity index (χ0) is 11.5. The van der Waals surface area contributed by atoms with E-state index >= 15 is 0 Å². The molecule has 0 spiro atoms. The molecule has 0 saturated heterocycles. The topological polar surface area (TPSA) is 92.9 Å². The molecule has 2 N–H and O–H groups in total. The van der Waals surface area contributed by atoms with E-state index in [0.717, 1.165) is 6.42 Å². The zero-order valence-corrected chi connectivity index (χ0v) is 9.06. The minimum Gasteiger partial charge on any atom is -0.480 e. The normalized spacial score (nSPS) is 14.6. The Labute approximate surface area is 87.5 Å². The number of nitrogens with zero attached hydrogens (tertiary/aromatic N) is 4. The summed E-state index contributed by atoms with van der Waals surface area (Å²) in [7, 11) is 1.65. The second kappa shape index (κ2) is 4.24. The first kappa shape index (κ1) is 11.4. The van der Waals surface area contributed by atoms with Crippen LogP contribution in [0.15, 0.2) is 0 Å². The number of tetrazole rings is 1. The highest BCUT2D eigenvalue weighted by atomic mass is 16.4. The summed E-state index contributed by atoms with van der Waals surface area (Å²) in [6.45, 7) is 3.55. The number of rotatable bonds is 5. The molecule has 0 aromatic carbocycles. The molecule has 0 radical (unpaired) electrons. The third-order valence-electron chi connectivity index (χ3n) is 2.23. The molecule has 0 saturated carbocycles. The van der Waals surface area contributed by atoms with Crippen LogP contribution in [-0.2, 0) is 11.8 Å². The molecule has 0 aliphatic carbocycles. The van der Waals surface area contributed by atoms with Crippen molar-refractivity contribution in [2.45, 2.75) is 32.2 Å². The zero-order valence-electron chi connectivity index (χ0n) is 9.06. The van der Waals surface area contributed by atoms with E-state index in [0.29, 0.717) is 12.4 Å². The standard InChI is InChI=1S/C8H15N5O2/c1-4-5-8(2,6(14)15)9-7-10-11-12-13(7)3/h4-5H2,1-3H3,(H,14,15)(H,9,10,12). The molecule has 0 aliphatic rings. The van der Waals surface area contributed by atoms with Crippen molar-refractivity contribution in [3.05, 3.63) is 0 Å². The Morgan fingerprint density at radius 1 is 1.67 bits per heavy atom. The number of hydrogen-bond donors (Lipinski definition) is 2. The largest absolute Gasteiger partial charge is 0.480 e. The van der Waals surface area contributed by atoms with Crippen LogP contribution in [-0.4, -0.2) is 36.8 Å². The summed E-state index contributed by atoms with van der Waals surface area (Å²) in [6, 6.07) is 0. The number of aliphatic carboxylic acids is 1. The molecule has 1 aromatic heterocycles. The fourth-order valence-electron chi connectivity index (χ4n) is 1.31. The number of carbonyl (C=O) groups is 1. The lowest BCUT2D eigenvalue weighted by Crippen LogP contribution is -2.44. The minimum atomic E-state index is -1.03. The Kier molecular flexibility index (Phi) is 3.23. The molecule has 0 amide bonds. The van der Waals surface area contributed by atoms with Crippen LogP contribution in [0.3, 0.4) is 0 Å². The Hall–Kier alpha value is -1.66. The molecule has 7 nitrogen and oxygen atoms in total. The average Bonchev–Trinajstić information content (AvgIpc) is 2.52. The van der Waals surface area contributed by atoms with Crippen molar-refractivity contribution in [2.75, 3.05) is 5.32 Å². The van der Waals surface area contributed by atoms with Gasteiger partial charge in [-0.3, -0.25) is 0 Å². The molecular formula is C8H15N5O2. The first-order valence-corrected chi connectivity index (χ1v) is 4.73. The summed E-state index contributed by atoms with van der Waals surface area (Å²) < 4.78 is 1.40. The van der Waals surface area contributed by atoms with E-state index in [9.17, 15) is 4.79 Å². The maximum Gasteiger partial charge on any atom is 0.329 e. The van der Waals surface area contributed by atoms with Crippen LogP contribution in [0, 0.1) is 0 Å². The third-order valence-corrected chi connectivity index (χ3v) is 2.23. The van der Waals surface area contributed by atoms with Crippen molar-refractivity contribution in [3.8, 4) is 0 Å². The molecule has 1 rings (SSSR count). The van der Waals surface area contributed by atoms with Crippen LogP contribution in [0.1, 0.15) is 26.7 Å². The molecule has 0 fully saturated rings. The molecule has 0 bridgehead atoms. The Morgan fingerprint density at radius 3 is 2.73 bits per heavy atom. The number of anilines is 1. The molecule has 1 unspecified atom stereocenters. The van der Waals surface area contributed by atoms with Gasteiger partial charge in [0.1, 0.15) is 5.54 Å². The van der Waals surface area contributed by atoms with Crippen molar-refractivity contribution in [1.82, 2.24) is 20.2 Å². The predicted molar refractivity (Wildman–Crippen MR) is 53.4 cm³/mol. The van der Waals surface area contributed by atoms with E-state index in [1.807, 2.05) is 6.92 Å². The fourth-order valence-corrected chi connectivity index (χ4v) is 1.31. The van der Waals surface area contributed by atoms with Crippen LogP contribution in [0.4, 0.5) is 5.95 Å². The third kappa shape index (κ3) is 2.42. The van der Waals surface area contributed by atoms with Gasteiger partial charge in [0, 0.05) is 7.05 Å². The van der Waals surface area contributed by atoms with Gasteiger partial charge in [0.15, 0.2) is 0 Å². The smallest absolute Gasteiger partial charge is 0.329 e. The monoisotopic (exact) mass is 213 g/mol. The van der Waals surface area contributed by atoms with Gasteiger partial charge in [-0.25, -0.2) is 9.48 Å². The van der Waals surface area contributed by atoms with E-state index in [4.69, 9.17) is 5.11 Å². The van der Waals surface area contributed by atoms with Gasteiger partial charge >= 0.3 is 5.97 Å². The fraction of sp³-hybridized carbons (Fsp3) is 0.750. The molecule has 0 aliphatic heterocycles. The van der Waals surface area contributed by atoms with Gasteiger partial charge in [0.2, 0.25) is 5.95 Å². The van der Waals surface area contributed by atoms with Gasteiger partial charge in [0.05, 0.1) is 0 Å². The highest BCUT2D eigenvalue weighted by Crippen LogP contribution is 2.17. The molecule has 1 aromatic rings. The molecule has 84 valence electrons. The summed E-state index contributed by atoms with van der Waals surface area (Å²) in [5.41, 5.74) is -1.03. The van der Waals surface area contributed by atoms with E-state index < -0.39 is 11.5 Å². The summed E-state index contributed by atoms with van der Waals surface area (Å²) in [4.78, 5) is 11.1. The number of carboxylic acids is 1. The first-order chi connectivity index (χ1) is 6.99. The van der Waals surface area contributed by atoms with E-state index in [-0.39, 0.29) is 0 Å². The van der Waals surface area contributed by atoms with Crippen LogP contribution in [0.5, 0.6) is 0 Å². The van der Waals surface area contributed by atoms with Crippen molar-refractivity contribution in [2.24, 2.45) is 7.05 Å². The number of aryl methyl sites for hydroxylation is 1. The molecule has 1 heterocycles. The molecule has 7 heteroatoms. The lowest BCUT2D eigenvalue weighted by Gasteiger charge is -2.25. The number of aromatic nitrogens is 4. The Bertz CT molecular complexity index is 351. The SMILES string of the molecule is CCCC(C)(Nc1nnnn1C)C(=O)O. The Morgan fingerprint density at radius 2 is 2.33 bits per heavy atom. The quantitative estimate of drug-likeness (QED) is 0.729. The van der Waals surface area contributed by atoms with Crippen molar-refractivity contribution >= 4 is 11.9 Å². The number of nitrogens with one attached hydrogen (secondary N) is 1. The Balaban J connectivity index is 2.84. The van der Waals surface area contributed by atoms with Crippen LogP contribution >= 0.6 is 0 Å². The summed E-state index contributed by atoms with van der Waals surface area (Å²) in [5, 5.41) is 22.7. The van der Waals surface area contributed by atoms with E-state index in [1.165, 1.54) is 4.68 Å². The lowest BCUT2D eigenvalue weighted by molar-refractivity contribution is -0.142. The van der Waals surface area contributed by atoms with E-state index in [2.05, 4.69) is 20.8 Å².